The Hall–Kier alpha value is -3.47. The maximum absolute atomic E-state index is 13.2. The molecule has 1 aromatic heterocycles. The molecule has 0 saturated carbocycles. The summed E-state index contributed by atoms with van der Waals surface area (Å²) in [5, 5.41) is 2.94. The van der Waals surface area contributed by atoms with Gasteiger partial charge in [0, 0.05) is 29.7 Å². The number of carbonyl (C=O) groups excluding carboxylic acids is 2. The van der Waals surface area contributed by atoms with E-state index in [1.54, 1.807) is 17.0 Å². The van der Waals surface area contributed by atoms with E-state index in [2.05, 4.69) is 30.2 Å². The number of hydrogen-bond acceptors (Lipinski definition) is 3. The smallest absolute Gasteiger partial charge is 0.274 e. The van der Waals surface area contributed by atoms with E-state index >= 15 is 0 Å². The Balaban J connectivity index is 1.58. The molecule has 5 heteroatoms. The fourth-order valence-corrected chi connectivity index (χ4v) is 3.89. The molecule has 5 nitrogen and oxygen atoms in total. The number of aromatic nitrogens is 1. The Kier molecular flexibility index (Phi) is 5.61. The number of pyridine rings is 1. The van der Waals surface area contributed by atoms with Gasteiger partial charge in [-0.2, -0.15) is 0 Å². The Morgan fingerprint density at radius 2 is 1.80 bits per heavy atom. The van der Waals surface area contributed by atoms with Crippen LogP contribution in [0.4, 0.5) is 11.4 Å². The third-order valence-electron chi connectivity index (χ3n) is 5.43. The van der Waals surface area contributed by atoms with Crippen molar-refractivity contribution in [3.8, 4) is 0 Å². The minimum Gasteiger partial charge on any atom is -0.320 e. The SMILES string of the molecule is CC(C)c1ccccc1NC(=O)c1cc(C(=O)N2CCCc3ccccc32)ccn1. The summed E-state index contributed by atoms with van der Waals surface area (Å²) in [6, 6.07) is 19.0. The predicted molar refractivity (Wildman–Crippen MR) is 119 cm³/mol. The van der Waals surface area contributed by atoms with E-state index in [9.17, 15) is 9.59 Å². The summed E-state index contributed by atoms with van der Waals surface area (Å²) in [7, 11) is 0. The van der Waals surface area contributed by atoms with Crippen molar-refractivity contribution in [2.45, 2.75) is 32.6 Å². The van der Waals surface area contributed by atoms with Gasteiger partial charge in [-0.25, -0.2) is 0 Å². The number of anilines is 2. The van der Waals surface area contributed by atoms with Crippen molar-refractivity contribution < 1.29 is 9.59 Å². The second-order valence-electron chi connectivity index (χ2n) is 7.81. The standard InChI is InChI=1S/C25H25N3O2/c1-17(2)20-10-4-5-11-21(20)27-24(29)22-16-19(13-14-26-22)25(30)28-15-7-9-18-8-3-6-12-23(18)28/h3-6,8,10-14,16-17H,7,9,15H2,1-2H3,(H,27,29). The molecule has 0 spiro atoms. The fourth-order valence-electron chi connectivity index (χ4n) is 3.89. The van der Waals surface area contributed by atoms with Crippen LogP contribution in [0.25, 0.3) is 0 Å². The van der Waals surface area contributed by atoms with Crippen LogP contribution < -0.4 is 10.2 Å². The molecule has 2 amide bonds. The second kappa shape index (κ2) is 8.49. The third-order valence-corrected chi connectivity index (χ3v) is 5.43. The Morgan fingerprint density at radius 1 is 1.03 bits per heavy atom. The Morgan fingerprint density at radius 3 is 2.63 bits per heavy atom. The average molecular weight is 399 g/mol. The quantitative estimate of drug-likeness (QED) is 0.668. The highest BCUT2D eigenvalue weighted by atomic mass is 16.2. The van der Waals surface area contributed by atoms with Crippen LogP contribution in [-0.2, 0) is 6.42 Å². The first-order valence-corrected chi connectivity index (χ1v) is 10.3. The number of benzene rings is 2. The Labute approximate surface area is 176 Å². The molecule has 1 aliphatic heterocycles. The molecule has 0 atom stereocenters. The molecule has 0 bridgehead atoms. The van der Waals surface area contributed by atoms with E-state index in [-0.39, 0.29) is 23.4 Å². The Bertz CT molecular complexity index is 1090. The van der Waals surface area contributed by atoms with Crippen LogP contribution in [0.2, 0.25) is 0 Å². The first-order chi connectivity index (χ1) is 14.5. The van der Waals surface area contributed by atoms with Gasteiger partial charge in [0.05, 0.1) is 0 Å². The third kappa shape index (κ3) is 3.96. The van der Waals surface area contributed by atoms with Gasteiger partial charge in [-0.15, -0.1) is 0 Å². The fraction of sp³-hybridized carbons (Fsp3) is 0.240. The van der Waals surface area contributed by atoms with Crippen molar-refractivity contribution in [2.24, 2.45) is 0 Å². The number of nitrogens with one attached hydrogen (secondary N) is 1. The number of hydrogen-bond donors (Lipinski definition) is 1. The molecular formula is C25H25N3O2. The maximum Gasteiger partial charge on any atom is 0.274 e. The molecule has 1 N–H and O–H groups in total. The first-order valence-electron chi connectivity index (χ1n) is 10.3. The molecule has 0 radical (unpaired) electrons. The molecule has 0 fully saturated rings. The van der Waals surface area contributed by atoms with Crippen molar-refractivity contribution in [2.75, 3.05) is 16.8 Å². The molecule has 2 heterocycles. The van der Waals surface area contributed by atoms with E-state index in [0.717, 1.165) is 29.8 Å². The van der Waals surface area contributed by atoms with Crippen LogP contribution >= 0.6 is 0 Å². The van der Waals surface area contributed by atoms with Gasteiger partial charge in [0.2, 0.25) is 0 Å². The molecule has 4 rings (SSSR count). The molecular weight excluding hydrogens is 374 g/mol. The van der Waals surface area contributed by atoms with Gasteiger partial charge in [0.25, 0.3) is 11.8 Å². The lowest BCUT2D eigenvalue weighted by Crippen LogP contribution is -2.35. The van der Waals surface area contributed by atoms with Gasteiger partial charge in [-0.05, 0) is 54.2 Å². The summed E-state index contributed by atoms with van der Waals surface area (Å²) in [6.45, 7) is 4.83. The molecule has 152 valence electrons. The maximum atomic E-state index is 13.2. The van der Waals surface area contributed by atoms with Crippen molar-refractivity contribution >= 4 is 23.2 Å². The average Bonchev–Trinajstić information content (AvgIpc) is 2.78. The number of nitrogens with zero attached hydrogens (tertiary/aromatic N) is 2. The van der Waals surface area contributed by atoms with Gasteiger partial charge in [-0.3, -0.25) is 14.6 Å². The molecule has 2 aromatic carbocycles. The van der Waals surface area contributed by atoms with Crippen molar-refractivity contribution in [1.82, 2.24) is 4.98 Å². The molecule has 1 aliphatic rings. The lowest BCUT2D eigenvalue weighted by molar-refractivity contribution is 0.0985. The second-order valence-corrected chi connectivity index (χ2v) is 7.81. The van der Waals surface area contributed by atoms with Gasteiger partial charge >= 0.3 is 0 Å². The van der Waals surface area contributed by atoms with Crippen molar-refractivity contribution in [3.05, 3.63) is 89.2 Å². The number of rotatable bonds is 4. The number of carbonyl (C=O) groups is 2. The number of para-hydroxylation sites is 2. The van der Waals surface area contributed by atoms with E-state index in [0.29, 0.717) is 12.1 Å². The zero-order chi connectivity index (χ0) is 21.1. The summed E-state index contributed by atoms with van der Waals surface area (Å²) < 4.78 is 0. The highest BCUT2D eigenvalue weighted by Crippen LogP contribution is 2.28. The minimum absolute atomic E-state index is 0.110. The van der Waals surface area contributed by atoms with Gasteiger partial charge in [0.1, 0.15) is 5.69 Å². The van der Waals surface area contributed by atoms with Gasteiger partial charge < -0.3 is 10.2 Å². The summed E-state index contributed by atoms with van der Waals surface area (Å²) >= 11 is 0. The highest BCUT2D eigenvalue weighted by Gasteiger charge is 2.24. The van der Waals surface area contributed by atoms with Crippen LogP contribution in [0.15, 0.2) is 66.9 Å². The van der Waals surface area contributed by atoms with Crippen molar-refractivity contribution in [3.63, 3.8) is 0 Å². The van der Waals surface area contributed by atoms with Crippen LogP contribution in [-0.4, -0.2) is 23.3 Å². The molecule has 0 unspecified atom stereocenters. The van der Waals surface area contributed by atoms with Gasteiger partial charge in [-0.1, -0.05) is 50.2 Å². The minimum atomic E-state index is -0.322. The van der Waals surface area contributed by atoms with Crippen LogP contribution in [0.3, 0.4) is 0 Å². The molecule has 30 heavy (non-hydrogen) atoms. The summed E-state index contributed by atoms with van der Waals surface area (Å²) in [6.07, 6.45) is 3.42. The summed E-state index contributed by atoms with van der Waals surface area (Å²) in [5.41, 5.74) is 4.63. The lowest BCUT2D eigenvalue weighted by Gasteiger charge is -2.29. The van der Waals surface area contributed by atoms with E-state index in [4.69, 9.17) is 0 Å². The lowest BCUT2D eigenvalue weighted by atomic mass is 10.0. The van der Waals surface area contributed by atoms with Crippen LogP contribution in [0, 0.1) is 0 Å². The van der Waals surface area contributed by atoms with Crippen LogP contribution in [0.1, 0.15) is 58.2 Å². The molecule has 0 aliphatic carbocycles. The summed E-state index contributed by atoms with van der Waals surface area (Å²) in [5.74, 6) is -0.153. The monoisotopic (exact) mass is 399 g/mol. The normalized spacial score (nSPS) is 13.1. The molecule has 0 saturated heterocycles. The van der Waals surface area contributed by atoms with E-state index in [1.807, 2.05) is 42.5 Å². The highest BCUT2D eigenvalue weighted by molar-refractivity contribution is 6.09. The van der Waals surface area contributed by atoms with E-state index in [1.165, 1.54) is 11.8 Å². The zero-order valence-corrected chi connectivity index (χ0v) is 17.3. The topological polar surface area (TPSA) is 62.3 Å². The molecule has 3 aromatic rings. The van der Waals surface area contributed by atoms with Gasteiger partial charge in [0.15, 0.2) is 0 Å². The first kappa shape index (κ1) is 19.8. The van der Waals surface area contributed by atoms with E-state index < -0.39 is 0 Å². The summed E-state index contributed by atoms with van der Waals surface area (Å²) in [4.78, 5) is 32.0. The predicted octanol–water partition coefficient (Wildman–Crippen LogP) is 5.05. The number of amides is 2. The zero-order valence-electron chi connectivity index (χ0n) is 17.3. The van der Waals surface area contributed by atoms with Crippen molar-refractivity contribution in [1.29, 1.82) is 0 Å². The largest absolute Gasteiger partial charge is 0.320 e. The van der Waals surface area contributed by atoms with Crippen LogP contribution in [0.5, 0.6) is 0 Å². The number of fused-ring (bicyclic) bond motifs is 1. The number of aryl methyl sites for hydroxylation is 1.